The van der Waals surface area contributed by atoms with E-state index < -0.39 is 17.7 Å². The number of aromatic nitrogens is 1. The number of benzene rings is 2. The molecular formula is C25H22N2O5. The second-order valence-electron chi connectivity index (χ2n) is 7.26. The van der Waals surface area contributed by atoms with Gasteiger partial charge in [0.05, 0.1) is 31.4 Å². The Morgan fingerprint density at radius 1 is 1.00 bits per heavy atom. The number of hydrogen-bond acceptors (Lipinski definition) is 6. The summed E-state index contributed by atoms with van der Waals surface area (Å²) >= 11 is 0. The molecule has 1 aliphatic heterocycles. The number of methoxy groups -OCH3 is 2. The first kappa shape index (κ1) is 21.1. The largest absolute Gasteiger partial charge is 0.507 e. The van der Waals surface area contributed by atoms with Crippen LogP contribution in [0.2, 0.25) is 0 Å². The van der Waals surface area contributed by atoms with Crippen molar-refractivity contribution >= 4 is 17.4 Å². The van der Waals surface area contributed by atoms with Gasteiger partial charge < -0.3 is 19.5 Å². The first-order chi connectivity index (χ1) is 15.5. The van der Waals surface area contributed by atoms with Crippen molar-refractivity contribution in [2.45, 2.75) is 12.6 Å². The summed E-state index contributed by atoms with van der Waals surface area (Å²) in [5, 5.41) is 11.2. The number of pyridine rings is 1. The quantitative estimate of drug-likeness (QED) is 0.364. The molecule has 2 aromatic carbocycles. The molecule has 162 valence electrons. The van der Waals surface area contributed by atoms with Crippen molar-refractivity contribution in [3.8, 4) is 11.5 Å². The summed E-state index contributed by atoms with van der Waals surface area (Å²) in [5.74, 6) is -0.675. The van der Waals surface area contributed by atoms with Crippen molar-refractivity contribution in [1.82, 2.24) is 9.88 Å². The molecule has 2 heterocycles. The van der Waals surface area contributed by atoms with E-state index in [9.17, 15) is 14.7 Å². The van der Waals surface area contributed by atoms with E-state index in [1.165, 1.54) is 12.0 Å². The molecule has 1 amide bonds. The lowest BCUT2D eigenvalue weighted by Crippen LogP contribution is -2.29. The van der Waals surface area contributed by atoms with E-state index in [-0.39, 0.29) is 17.9 Å². The predicted octanol–water partition coefficient (Wildman–Crippen LogP) is 3.72. The Bertz CT molecular complexity index is 1190. The molecule has 1 atom stereocenters. The molecule has 7 heteroatoms. The average Bonchev–Trinajstić information content (AvgIpc) is 3.09. The molecular weight excluding hydrogens is 408 g/mol. The number of hydrogen-bond donors (Lipinski definition) is 1. The molecule has 1 unspecified atom stereocenters. The van der Waals surface area contributed by atoms with E-state index in [0.717, 1.165) is 5.56 Å². The molecule has 1 aromatic heterocycles. The van der Waals surface area contributed by atoms with E-state index in [0.29, 0.717) is 22.6 Å². The van der Waals surface area contributed by atoms with Crippen molar-refractivity contribution in [3.05, 3.63) is 95.3 Å². The van der Waals surface area contributed by atoms with E-state index in [2.05, 4.69) is 4.98 Å². The Morgan fingerprint density at radius 2 is 1.75 bits per heavy atom. The Hall–Kier alpha value is -4.13. The number of aliphatic hydroxyl groups is 1. The number of para-hydroxylation sites is 1. The first-order valence-electron chi connectivity index (χ1n) is 9.99. The third-order valence-corrected chi connectivity index (χ3v) is 5.41. The number of ether oxygens (including phenoxy) is 2. The first-order valence-corrected chi connectivity index (χ1v) is 9.99. The number of nitrogens with zero attached hydrogens (tertiary/aromatic N) is 2. The summed E-state index contributed by atoms with van der Waals surface area (Å²) in [6.45, 7) is 0.164. The topological polar surface area (TPSA) is 89.0 Å². The lowest BCUT2D eigenvalue weighted by atomic mass is 9.95. The van der Waals surface area contributed by atoms with Gasteiger partial charge in [-0.15, -0.1) is 0 Å². The number of carbonyl (C=O) groups is 2. The monoisotopic (exact) mass is 430 g/mol. The number of Topliss-reactive ketones (excluding diaryl/α,β-unsaturated/α-hetero) is 1. The molecule has 1 saturated heterocycles. The third kappa shape index (κ3) is 3.80. The van der Waals surface area contributed by atoms with Gasteiger partial charge in [0, 0.05) is 18.9 Å². The van der Waals surface area contributed by atoms with Gasteiger partial charge in [0.2, 0.25) is 0 Å². The number of likely N-dealkylation sites (tertiary alicyclic amines) is 1. The van der Waals surface area contributed by atoms with Crippen LogP contribution >= 0.6 is 0 Å². The van der Waals surface area contributed by atoms with E-state index >= 15 is 0 Å². The molecule has 0 bridgehead atoms. The minimum absolute atomic E-state index is 0.00796. The zero-order valence-electron chi connectivity index (χ0n) is 17.7. The Kier molecular flexibility index (Phi) is 5.89. The van der Waals surface area contributed by atoms with Gasteiger partial charge in [0.25, 0.3) is 11.7 Å². The molecule has 32 heavy (non-hydrogen) atoms. The highest BCUT2D eigenvalue weighted by molar-refractivity contribution is 6.46. The van der Waals surface area contributed by atoms with Gasteiger partial charge in [0.15, 0.2) is 0 Å². The van der Waals surface area contributed by atoms with Gasteiger partial charge in [-0.1, -0.05) is 24.3 Å². The maximum Gasteiger partial charge on any atom is 0.295 e. The summed E-state index contributed by atoms with van der Waals surface area (Å²) < 4.78 is 10.6. The smallest absolute Gasteiger partial charge is 0.295 e. The summed E-state index contributed by atoms with van der Waals surface area (Å²) in [7, 11) is 3.05. The summed E-state index contributed by atoms with van der Waals surface area (Å²) in [4.78, 5) is 31.7. The molecule has 0 spiro atoms. The number of carbonyl (C=O) groups excluding carboxylic acids is 2. The number of amides is 1. The van der Waals surface area contributed by atoms with Gasteiger partial charge in [0.1, 0.15) is 17.3 Å². The van der Waals surface area contributed by atoms with Crippen LogP contribution in [0.1, 0.15) is 22.7 Å². The molecule has 1 N–H and O–H groups in total. The minimum Gasteiger partial charge on any atom is -0.507 e. The molecule has 1 fully saturated rings. The minimum atomic E-state index is -0.783. The highest BCUT2D eigenvalue weighted by atomic mass is 16.5. The molecule has 7 nitrogen and oxygen atoms in total. The van der Waals surface area contributed by atoms with Crippen LogP contribution in [0, 0.1) is 0 Å². The van der Waals surface area contributed by atoms with Crippen LogP contribution in [-0.4, -0.2) is 40.9 Å². The molecule has 1 aliphatic rings. The lowest BCUT2D eigenvalue weighted by Gasteiger charge is -2.25. The molecule has 3 aromatic rings. The summed E-state index contributed by atoms with van der Waals surface area (Å²) in [6.07, 6.45) is 3.17. The Morgan fingerprint density at radius 3 is 2.47 bits per heavy atom. The maximum atomic E-state index is 13.1. The fourth-order valence-electron chi connectivity index (χ4n) is 3.89. The second-order valence-corrected chi connectivity index (χ2v) is 7.26. The highest BCUT2D eigenvalue weighted by Gasteiger charge is 2.46. The predicted molar refractivity (Wildman–Crippen MR) is 118 cm³/mol. The van der Waals surface area contributed by atoms with Crippen molar-refractivity contribution in [1.29, 1.82) is 0 Å². The summed E-state index contributed by atoms with van der Waals surface area (Å²) in [6, 6.07) is 16.8. The van der Waals surface area contributed by atoms with Crippen LogP contribution in [0.3, 0.4) is 0 Å². The van der Waals surface area contributed by atoms with E-state index in [1.54, 1.807) is 62.0 Å². The number of rotatable bonds is 6. The normalized spacial score (nSPS) is 17.4. The SMILES string of the molecule is COc1cccc(CN2C(=O)C(=O)/C(=C(\O)c3ccccc3OC)C2c2ccncc2)c1. The number of ketones is 1. The van der Waals surface area contributed by atoms with E-state index in [1.807, 2.05) is 18.2 Å². The Labute approximate surface area is 185 Å². The number of aliphatic hydroxyl groups excluding tert-OH is 1. The fraction of sp³-hybridized carbons (Fsp3) is 0.160. The zero-order chi connectivity index (χ0) is 22.7. The van der Waals surface area contributed by atoms with Gasteiger partial charge in [-0.2, -0.15) is 0 Å². The average molecular weight is 430 g/mol. The van der Waals surface area contributed by atoms with Crippen molar-refractivity contribution < 1.29 is 24.2 Å². The summed E-state index contributed by atoms with van der Waals surface area (Å²) in [5.41, 5.74) is 1.81. The van der Waals surface area contributed by atoms with Crippen molar-refractivity contribution in [2.24, 2.45) is 0 Å². The van der Waals surface area contributed by atoms with Crippen LogP contribution in [-0.2, 0) is 16.1 Å². The lowest BCUT2D eigenvalue weighted by molar-refractivity contribution is -0.140. The maximum absolute atomic E-state index is 13.1. The van der Waals surface area contributed by atoms with Crippen LogP contribution in [0.25, 0.3) is 5.76 Å². The highest BCUT2D eigenvalue weighted by Crippen LogP contribution is 2.41. The van der Waals surface area contributed by atoms with Gasteiger partial charge in [-0.3, -0.25) is 14.6 Å². The molecule has 0 radical (unpaired) electrons. The van der Waals surface area contributed by atoms with Crippen molar-refractivity contribution in [3.63, 3.8) is 0 Å². The van der Waals surface area contributed by atoms with Crippen molar-refractivity contribution in [2.75, 3.05) is 14.2 Å². The van der Waals surface area contributed by atoms with Crippen LogP contribution in [0.5, 0.6) is 11.5 Å². The molecule has 0 aliphatic carbocycles. The fourth-order valence-corrected chi connectivity index (χ4v) is 3.89. The van der Waals surface area contributed by atoms with Gasteiger partial charge in [-0.25, -0.2) is 0 Å². The standard InChI is InChI=1S/C25H22N2O5/c1-31-18-7-5-6-16(14-18)15-27-22(17-10-12-26-13-11-17)21(24(29)25(27)30)23(28)19-8-3-4-9-20(19)32-2/h3-14,22,28H,15H2,1-2H3/b23-21-. The van der Waals surface area contributed by atoms with Crippen LogP contribution < -0.4 is 9.47 Å². The van der Waals surface area contributed by atoms with Crippen LogP contribution in [0.15, 0.2) is 78.6 Å². The van der Waals surface area contributed by atoms with Crippen LogP contribution in [0.4, 0.5) is 0 Å². The second kappa shape index (κ2) is 8.93. The Balaban J connectivity index is 1.86. The molecule has 4 rings (SSSR count). The van der Waals surface area contributed by atoms with E-state index in [4.69, 9.17) is 9.47 Å². The zero-order valence-corrected chi connectivity index (χ0v) is 17.7. The van der Waals surface area contributed by atoms with Gasteiger partial charge >= 0.3 is 0 Å². The third-order valence-electron chi connectivity index (χ3n) is 5.41. The molecule has 0 saturated carbocycles. The van der Waals surface area contributed by atoms with Gasteiger partial charge in [-0.05, 0) is 47.5 Å².